The summed E-state index contributed by atoms with van der Waals surface area (Å²) in [7, 11) is 0. The molecular weight excluding hydrogens is 282 g/mol. The van der Waals surface area contributed by atoms with E-state index in [9.17, 15) is 9.59 Å². The van der Waals surface area contributed by atoms with E-state index in [0.29, 0.717) is 32.1 Å². The van der Waals surface area contributed by atoms with Gasteiger partial charge in [-0.2, -0.15) is 0 Å². The van der Waals surface area contributed by atoms with E-state index in [2.05, 4.69) is 15.3 Å². The second-order valence-corrected chi connectivity index (χ2v) is 6.39. The number of carbonyl (C=O) groups is 2. The van der Waals surface area contributed by atoms with Gasteiger partial charge in [0.25, 0.3) is 0 Å². The van der Waals surface area contributed by atoms with Gasteiger partial charge in [-0.3, -0.25) is 9.59 Å². The van der Waals surface area contributed by atoms with Gasteiger partial charge in [0.1, 0.15) is 6.42 Å². The van der Waals surface area contributed by atoms with Crippen LogP contribution in [0.2, 0.25) is 0 Å². The molecule has 7 nitrogen and oxygen atoms in total. The zero-order valence-corrected chi connectivity index (χ0v) is 13.4. The van der Waals surface area contributed by atoms with Crippen molar-refractivity contribution in [2.75, 3.05) is 31.1 Å². The standard InChI is InChI=1S/C15H23N5O2/c1-15(2,3)18-12(21)11-13(22)19-7-9-20(10-8-19)14-16-5-4-6-17-14/h4-6H,7-11H2,1-3H3,(H,18,21). The lowest BCUT2D eigenvalue weighted by Crippen LogP contribution is -2.50. The highest BCUT2D eigenvalue weighted by Gasteiger charge is 2.25. The molecule has 2 rings (SSSR count). The molecule has 1 aliphatic heterocycles. The highest BCUT2D eigenvalue weighted by atomic mass is 16.2. The quantitative estimate of drug-likeness (QED) is 0.819. The number of carbonyl (C=O) groups excluding carboxylic acids is 2. The van der Waals surface area contributed by atoms with Crippen LogP contribution in [-0.2, 0) is 9.59 Å². The molecule has 22 heavy (non-hydrogen) atoms. The zero-order valence-electron chi connectivity index (χ0n) is 13.4. The molecule has 0 aliphatic carbocycles. The molecule has 1 aromatic heterocycles. The third-order valence-corrected chi connectivity index (χ3v) is 3.29. The van der Waals surface area contributed by atoms with Crippen LogP contribution in [0.1, 0.15) is 27.2 Å². The van der Waals surface area contributed by atoms with Crippen molar-refractivity contribution in [3.8, 4) is 0 Å². The largest absolute Gasteiger partial charge is 0.351 e. The average molecular weight is 305 g/mol. The fourth-order valence-electron chi connectivity index (χ4n) is 2.32. The van der Waals surface area contributed by atoms with Gasteiger partial charge in [-0.05, 0) is 26.8 Å². The number of anilines is 1. The second-order valence-electron chi connectivity index (χ2n) is 6.39. The molecule has 7 heteroatoms. The van der Waals surface area contributed by atoms with Crippen LogP contribution in [-0.4, -0.2) is 58.4 Å². The number of nitrogens with zero attached hydrogens (tertiary/aromatic N) is 4. The monoisotopic (exact) mass is 305 g/mol. The Morgan fingerprint density at radius 3 is 2.27 bits per heavy atom. The van der Waals surface area contributed by atoms with E-state index in [1.54, 1.807) is 23.4 Å². The number of nitrogens with one attached hydrogen (secondary N) is 1. The van der Waals surface area contributed by atoms with Gasteiger partial charge in [0.05, 0.1) is 0 Å². The molecule has 1 fully saturated rings. The summed E-state index contributed by atoms with van der Waals surface area (Å²) in [6.07, 6.45) is 3.31. The van der Waals surface area contributed by atoms with Gasteiger partial charge in [-0.1, -0.05) is 0 Å². The first-order chi connectivity index (χ1) is 10.3. The van der Waals surface area contributed by atoms with Crippen molar-refractivity contribution in [3.05, 3.63) is 18.5 Å². The lowest BCUT2D eigenvalue weighted by atomic mass is 10.1. The van der Waals surface area contributed by atoms with E-state index in [4.69, 9.17) is 0 Å². The smallest absolute Gasteiger partial charge is 0.232 e. The Hall–Kier alpha value is -2.18. The van der Waals surface area contributed by atoms with Gasteiger partial charge >= 0.3 is 0 Å². The molecule has 0 spiro atoms. The summed E-state index contributed by atoms with van der Waals surface area (Å²) >= 11 is 0. The highest BCUT2D eigenvalue weighted by molar-refractivity contribution is 5.97. The summed E-state index contributed by atoms with van der Waals surface area (Å²) < 4.78 is 0. The third-order valence-electron chi connectivity index (χ3n) is 3.29. The van der Waals surface area contributed by atoms with Gasteiger partial charge in [-0.25, -0.2) is 9.97 Å². The predicted octanol–water partition coefficient (Wildman–Crippen LogP) is 0.430. The minimum atomic E-state index is -0.319. The molecule has 0 unspecified atom stereocenters. The Bertz CT molecular complexity index is 518. The van der Waals surface area contributed by atoms with E-state index in [1.165, 1.54) is 0 Å². The summed E-state index contributed by atoms with van der Waals surface area (Å²) in [6, 6.07) is 1.77. The number of aromatic nitrogens is 2. The summed E-state index contributed by atoms with van der Waals surface area (Å²) in [4.78, 5) is 36.1. The molecule has 1 aliphatic rings. The number of amides is 2. The minimum absolute atomic E-state index is 0.0981. The van der Waals surface area contributed by atoms with Crippen molar-refractivity contribution in [1.29, 1.82) is 0 Å². The molecule has 2 heterocycles. The Morgan fingerprint density at radius 2 is 1.73 bits per heavy atom. The fraction of sp³-hybridized carbons (Fsp3) is 0.600. The SMILES string of the molecule is CC(C)(C)NC(=O)CC(=O)N1CCN(c2ncccn2)CC1. The van der Waals surface area contributed by atoms with Gasteiger partial charge in [0.2, 0.25) is 17.8 Å². The van der Waals surface area contributed by atoms with Crippen LogP contribution < -0.4 is 10.2 Å². The van der Waals surface area contributed by atoms with Crippen LogP contribution >= 0.6 is 0 Å². The molecule has 1 N–H and O–H groups in total. The molecule has 0 aromatic carbocycles. The van der Waals surface area contributed by atoms with E-state index in [-0.39, 0.29) is 23.8 Å². The first kappa shape index (κ1) is 16.2. The van der Waals surface area contributed by atoms with Crippen molar-refractivity contribution in [3.63, 3.8) is 0 Å². The van der Waals surface area contributed by atoms with Gasteiger partial charge in [0, 0.05) is 44.1 Å². The van der Waals surface area contributed by atoms with Gasteiger partial charge in [-0.15, -0.1) is 0 Å². The number of piperazine rings is 1. The van der Waals surface area contributed by atoms with Crippen LogP contribution in [0, 0.1) is 0 Å². The number of hydrogen-bond donors (Lipinski definition) is 1. The molecule has 0 bridgehead atoms. The number of hydrogen-bond acceptors (Lipinski definition) is 5. The first-order valence-electron chi connectivity index (χ1n) is 7.46. The summed E-state index contributed by atoms with van der Waals surface area (Å²) in [5.74, 6) is 0.321. The van der Waals surface area contributed by atoms with Crippen LogP contribution in [0.5, 0.6) is 0 Å². The Labute approximate surface area is 130 Å². The van der Waals surface area contributed by atoms with Crippen molar-refractivity contribution in [2.24, 2.45) is 0 Å². The summed E-state index contributed by atoms with van der Waals surface area (Å²) in [6.45, 7) is 8.21. The first-order valence-corrected chi connectivity index (χ1v) is 7.46. The molecule has 120 valence electrons. The van der Waals surface area contributed by atoms with Crippen LogP contribution in [0.15, 0.2) is 18.5 Å². The van der Waals surface area contributed by atoms with Crippen molar-refractivity contribution >= 4 is 17.8 Å². The molecule has 0 radical (unpaired) electrons. The molecule has 0 saturated carbocycles. The maximum Gasteiger partial charge on any atom is 0.232 e. The second kappa shape index (κ2) is 6.72. The van der Waals surface area contributed by atoms with Gasteiger partial charge < -0.3 is 15.1 Å². The predicted molar refractivity (Wildman–Crippen MR) is 83.3 cm³/mol. The Balaban J connectivity index is 1.81. The molecule has 0 atom stereocenters. The maximum atomic E-state index is 12.2. The molecular formula is C15H23N5O2. The van der Waals surface area contributed by atoms with Crippen LogP contribution in [0.3, 0.4) is 0 Å². The average Bonchev–Trinajstić information content (AvgIpc) is 2.46. The lowest BCUT2D eigenvalue weighted by Gasteiger charge is -2.34. The fourth-order valence-corrected chi connectivity index (χ4v) is 2.32. The normalized spacial score (nSPS) is 15.6. The Kier molecular flexibility index (Phi) is 4.95. The van der Waals surface area contributed by atoms with Crippen molar-refractivity contribution in [2.45, 2.75) is 32.7 Å². The molecule has 1 aromatic rings. The topological polar surface area (TPSA) is 78.4 Å². The van der Waals surface area contributed by atoms with E-state index in [1.807, 2.05) is 25.7 Å². The number of rotatable bonds is 3. The van der Waals surface area contributed by atoms with E-state index < -0.39 is 0 Å². The van der Waals surface area contributed by atoms with Crippen molar-refractivity contribution < 1.29 is 9.59 Å². The molecule has 2 amide bonds. The summed E-state index contributed by atoms with van der Waals surface area (Å²) in [5, 5.41) is 2.81. The lowest BCUT2D eigenvalue weighted by molar-refractivity contribution is -0.136. The minimum Gasteiger partial charge on any atom is -0.351 e. The maximum absolute atomic E-state index is 12.2. The van der Waals surface area contributed by atoms with Crippen LogP contribution in [0.25, 0.3) is 0 Å². The zero-order chi connectivity index (χ0) is 16.2. The Morgan fingerprint density at radius 1 is 1.14 bits per heavy atom. The van der Waals surface area contributed by atoms with E-state index >= 15 is 0 Å². The van der Waals surface area contributed by atoms with E-state index in [0.717, 1.165) is 0 Å². The van der Waals surface area contributed by atoms with Gasteiger partial charge in [0.15, 0.2) is 0 Å². The van der Waals surface area contributed by atoms with Crippen LogP contribution in [0.4, 0.5) is 5.95 Å². The summed E-state index contributed by atoms with van der Waals surface area (Å²) in [5.41, 5.74) is -0.319. The highest BCUT2D eigenvalue weighted by Crippen LogP contribution is 2.10. The molecule has 1 saturated heterocycles. The van der Waals surface area contributed by atoms with Crippen molar-refractivity contribution in [1.82, 2.24) is 20.2 Å². The third kappa shape index (κ3) is 4.68.